The topological polar surface area (TPSA) is 61.2 Å². The average Bonchev–Trinajstić information content (AvgIpc) is 3.03. The Balaban J connectivity index is 1.83. The first-order chi connectivity index (χ1) is 10.5. The summed E-state index contributed by atoms with van der Waals surface area (Å²) in [6.07, 6.45) is 4.15. The number of imidazole rings is 1. The van der Waals surface area contributed by atoms with Gasteiger partial charge in [0.25, 0.3) is 0 Å². The highest BCUT2D eigenvalue weighted by Gasteiger charge is 2.45. The number of hydrogen-bond acceptors (Lipinski definition) is 4. The quantitative estimate of drug-likeness (QED) is 0.814. The summed E-state index contributed by atoms with van der Waals surface area (Å²) in [4.78, 5) is 28.0. The summed E-state index contributed by atoms with van der Waals surface area (Å²) < 4.78 is 7.18. The molecule has 0 saturated heterocycles. The number of rotatable bonds is 4. The van der Waals surface area contributed by atoms with Gasteiger partial charge in [0, 0.05) is 12.8 Å². The van der Waals surface area contributed by atoms with Crippen molar-refractivity contribution < 1.29 is 14.3 Å². The summed E-state index contributed by atoms with van der Waals surface area (Å²) >= 11 is 0. The number of carbonyl (C=O) groups is 2. The van der Waals surface area contributed by atoms with Crippen LogP contribution in [0.3, 0.4) is 0 Å². The zero-order valence-corrected chi connectivity index (χ0v) is 12.7. The molecule has 5 nitrogen and oxygen atoms in total. The van der Waals surface area contributed by atoms with Crippen LogP contribution in [0.25, 0.3) is 0 Å². The number of Topliss-reactive ketones (excluding diaryl/α,β-unsaturated/α-hetero) is 1. The van der Waals surface area contributed by atoms with Gasteiger partial charge in [-0.3, -0.25) is 4.79 Å². The van der Waals surface area contributed by atoms with E-state index < -0.39 is 11.6 Å². The van der Waals surface area contributed by atoms with Crippen LogP contribution in [-0.4, -0.2) is 26.9 Å². The lowest BCUT2D eigenvalue weighted by Crippen LogP contribution is -2.48. The van der Waals surface area contributed by atoms with Gasteiger partial charge in [0.2, 0.25) is 0 Å². The Morgan fingerprint density at radius 2 is 2.09 bits per heavy atom. The Morgan fingerprint density at radius 3 is 2.68 bits per heavy atom. The smallest absolute Gasteiger partial charge is 0.357 e. The van der Waals surface area contributed by atoms with Crippen molar-refractivity contribution in [1.29, 1.82) is 0 Å². The van der Waals surface area contributed by atoms with Crippen LogP contribution < -0.4 is 0 Å². The van der Waals surface area contributed by atoms with Crippen molar-refractivity contribution in [3.8, 4) is 0 Å². The largest absolute Gasteiger partial charge is 0.447 e. The molecule has 0 amide bonds. The lowest BCUT2D eigenvalue weighted by molar-refractivity contribution is -0.149. The molecular formula is C17H18N2O3. The monoisotopic (exact) mass is 298 g/mol. The third-order valence-corrected chi connectivity index (χ3v) is 4.31. The molecule has 3 rings (SSSR count). The van der Waals surface area contributed by atoms with Gasteiger partial charge in [0.15, 0.2) is 11.4 Å². The van der Waals surface area contributed by atoms with Crippen molar-refractivity contribution in [2.75, 3.05) is 0 Å². The van der Waals surface area contributed by atoms with Crippen LogP contribution in [0.4, 0.5) is 0 Å². The molecule has 0 spiro atoms. The number of nitrogens with zero attached hydrogens (tertiary/aromatic N) is 2. The Bertz CT molecular complexity index is 708. The van der Waals surface area contributed by atoms with Crippen LogP contribution in [0.15, 0.2) is 42.9 Å². The Kier molecular flexibility index (Phi) is 3.56. The third kappa shape index (κ3) is 2.43. The van der Waals surface area contributed by atoms with Gasteiger partial charge >= 0.3 is 5.97 Å². The third-order valence-electron chi connectivity index (χ3n) is 4.31. The zero-order valence-electron chi connectivity index (χ0n) is 12.7. The fraction of sp³-hybridized carbons (Fsp3) is 0.353. The van der Waals surface area contributed by atoms with Crippen molar-refractivity contribution in [2.45, 2.75) is 38.3 Å². The molecular weight excluding hydrogens is 280 g/mol. The van der Waals surface area contributed by atoms with Crippen LogP contribution in [0.5, 0.6) is 0 Å². The normalized spacial score (nSPS) is 22.0. The van der Waals surface area contributed by atoms with Crippen molar-refractivity contribution in [2.24, 2.45) is 0 Å². The van der Waals surface area contributed by atoms with E-state index in [9.17, 15) is 9.59 Å². The van der Waals surface area contributed by atoms with E-state index in [2.05, 4.69) is 4.98 Å². The second-order valence-corrected chi connectivity index (χ2v) is 5.82. The van der Waals surface area contributed by atoms with Crippen LogP contribution in [0, 0.1) is 0 Å². The van der Waals surface area contributed by atoms with E-state index >= 15 is 0 Å². The predicted octanol–water partition coefficient (Wildman–Crippen LogP) is 2.77. The van der Waals surface area contributed by atoms with E-state index in [0.29, 0.717) is 18.5 Å². The summed E-state index contributed by atoms with van der Waals surface area (Å²) in [5.41, 5.74) is 0.458. The van der Waals surface area contributed by atoms with Gasteiger partial charge in [0.05, 0.1) is 18.6 Å². The van der Waals surface area contributed by atoms with E-state index in [4.69, 9.17) is 4.74 Å². The molecule has 22 heavy (non-hydrogen) atoms. The Morgan fingerprint density at radius 1 is 1.36 bits per heavy atom. The maximum atomic E-state index is 12.4. The van der Waals surface area contributed by atoms with Gasteiger partial charge in [-0.15, -0.1) is 0 Å². The summed E-state index contributed by atoms with van der Waals surface area (Å²) in [7, 11) is 0. The fourth-order valence-electron chi connectivity index (χ4n) is 2.61. The highest BCUT2D eigenvalue weighted by atomic mass is 16.6. The number of aromatic nitrogens is 2. The standard InChI is InChI=1S/C17H18N2O3/c1-12(13-6-4-3-5-7-13)19-11-18-10-14(19)16(21)22-17(2)9-8-15(17)20/h3-7,10-12H,8-9H2,1-2H3/t12-,17?/m1/s1. The molecule has 1 aliphatic carbocycles. The molecule has 1 unspecified atom stereocenters. The van der Waals surface area contributed by atoms with Gasteiger partial charge in [-0.1, -0.05) is 30.3 Å². The van der Waals surface area contributed by atoms with Gasteiger partial charge < -0.3 is 9.30 Å². The predicted molar refractivity (Wildman–Crippen MR) is 80.5 cm³/mol. The van der Waals surface area contributed by atoms with Crippen molar-refractivity contribution in [1.82, 2.24) is 9.55 Å². The summed E-state index contributed by atoms with van der Waals surface area (Å²) in [6, 6.07) is 9.80. The molecule has 1 aliphatic rings. The van der Waals surface area contributed by atoms with E-state index in [1.807, 2.05) is 37.3 Å². The number of hydrogen-bond donors (Lipinski definition) is 0. The van der Waals surface area contributed by atoms with E-state index in [1.165, 1.54) is 6.20 Å². The second-order valence-electron chi connectivity index (χ2n) is 5.82. The number of esters is 1. The molecule has 2 atom stereocenters. The maximum absolute atomic E-state index is 12.4. The minimum absolute atomic E-state index is 0.0250. The van der Waals surface area contributed by atoms with Crippen LogP contribution >= 0.6 is 0 Å². The van der Waals surface area contributed by atoms with Crippen LogP contribution in [0.2, 0.25) is 0 Å². The summed E-state index contributed by atoms with van der Waals surface area (Å²) in [6.45, 7) is 3.65. The van der Waals surface area contributed by atoms with Crippen molar-refractivity contribution in [3.05, 3.63) is 54.1 Å². The highest BCUT2D eigenvalue weighted by Crippen LogP contribution is 2.32. The van der Waals surface area contributed by atoms with E-state index in [1.54, 1.807) is 17.8 Å². The van der Waals surface area contributed by atoms with Crippen LogP contribution in [0.1, 0.15) is 48.8 Å². The first-order valence-electron chi connectivity index (χ1n) is 7.35. The minimum Gasteiger partial charge on any atom is -0.447 e. The molecule has 114 valence electrons. The number of ether oxygens (including phenoxy) is 1. The Hall–Kier alpha value is -2.43. The maximum Gasteiger partial charge on any atom is 0.357 e. The molecule has 2 aromatic rings. The molecule has 1 aromatic carbocycles. The van der Waals surface area contributed by atoms with Gasteiger partial charge in [0.1, 0.15) is 5.69 Å². The Labute approximate surface area is 128 Å². The molecule has 5 heteroatoms. The molecule has 1 saturated carbocycles. The molecule has 1 aromatic heterocycles. The SMILES string of the molecule is C[C@H](c1ccccc1)n1cncc1C(=O)OC1(C)CCC1=O. The van der Waals surface area contributed by atoms with Gasteiger partial charge in [-0.05, 0) is 19.4 Å². The summed E-state index contributed by atoms with van der Waals surface area (Å²) in [5.74, 6) is -0.529. The van der Waals surface area contributed by atoms with E-state index in [-0.39, 0.29) is 11.8 Å². The highest BCUT2D eigenvalue weighted by molar-refractivity contribution is 5.97. The molecule has 1 fully saturated rings. The molecule has 1 heterocycles. The molecule has 0 radical (unpaired) electrons. The summed E-state index contributed by atoms with van der Waals surface area (Å²) in [5, 5.41) is 0. The van der Waals surface area contributed by atoms with Crippen molar-refractivity contribution in [3.63, 3.8) is 0 Å². The molecule has 0 aliphatic heterocycles. The number of ketones is 1. The number of benzene rings is 1. The lowest BCUT2D eigenvalue weighted by atomic mass is 9.80. The minimum atomic E-state index is -0.970. The number of carbonyl (C=O) groups excluding carboxylic acids is 2. The lowest BCUT2D eigenvalue weighted by Gasteiger charge is -2.35. The molecule has 0 bridgehead atoms. The first-order valence-corrected chi connectivity index (χ1v) is 7.35. The molecule has 0 N–H and O–H groups in total. The van der Waals surface area contributed by atoms with E-state index in [0.717, 1.165) is 5.56 Å². The van der Waals surface area contributed by atoms with Gasteiger partial charge in [-0.2, -0.15) is 0 Å². The van der Waals surface area contributed by atoms with Crippen LogP contribution in [-0.2, 0) is 9.53 Å². The fourth-order valence-corrected chi connectivity index (χ4v) is 2.61. The second kappa shape index (κ2) is 5.40. The first kappa shape index (κ1) is 14.5. The van der Waals surface area contributed by atoms with Crippen molar-refractivity contribution >= 4 is 11.8 Å². The zero-order chi connectivity index (χ0) is 15.7. The average molecular weight is 298 g/mol. The van der Waals surface area contributed by atoms with Gasteiger partial charge in [-0.25, -0.2) is 9.78 Å².